The lowest BCUT2D eigenvalue weighted by Gasteiger charge is -2.09. The molecule has 0 atom stereocenters. The lowest BCUT2D eigenvalue weighted by Crippen LogP contribution is -2.06. The molecule has 0 aliphatic rings. The van der Waals surface area contributed by atoms with E-state index in [1.165, 1.54) is 10.5 Å². The Morgan fingerprint density at radius 2 is 2.00 bits per heavy atom. The Morgan fingerprint density at radius 1 is 1.14 bits per heavy atom. The standard InChI is InChI=1S/C17H23N3S/c1-4-9-18-16-11-14(5-2)19-17(20-16)12-21-15-8-6-7-13(3)10-15/h6-8,10-11H,4-5,9,12H2,1-3H3,(H,18,19,20). The second-order valence-corrected chi connectivity index (χ2v) is 6.10. The number of nitrogens with zero attached hydrogens (tertiary/aromatic N) is 2. The highest BCUT2D eigenvalue weighted by molar-refractivity contribution is 7.98. The Labute approximate surface area is 131 Å². The molecule has 0 aliphatic carbocycles. The average Bonchev–Trinajstić information content (AvgIpc) is 2.51. The first-order chi connectivity index (χ1) is 10.2. The van der Waals surface area contributed by atoms with Crippen LogP contribution in [0.15, 0.2) is 35.2 Å². The zero-order chi connectivity index (χ0) is 15.1. The molecule has 3 nitrogen and oxygen atoms in total. The number of thioether (sulfide) groups is 1. The van der Waals surface area contributed by atoms with Gasteiger partial charge >= 0.3 is 0 Å². The van der Waals surface area contributed by atoms with Gasteiger partial charge in [0.1, 0.15) is 11.6 Å². The van der Waals surface area contributed by atoms with Crippen LogP contribution in [-0.4, -0.2) is 16.5 Å². The van der Waals surface area contributed by atoms with Gasteiger partial charge in [0.05, 0.1) is 5.75 Å². The van der Waals surface area contributed by atoms with E-state index in [4.69, 9.17) is 0 Å². The van der Waals surface area contributed by atoms with E-state index < -0.39 is 0 Å². The van der Waals surface area contributed by atoms with Crippen molar-refractivity contribution in [3.05, 3.63) is 47.4 Å². The van der Waals surface area contributed by atoms with E-state index in [-0.39, 0.29) is 0 Å². The van der Waals surface area contributed by atoms with Crippen LogP contribution in [0.2, 0.25) is 0 Å². The third-order valence-electron chi connectivity index (χ3n) is 3.10. The highest BCUT2D eigenvalue weighted by Gasteiger charge is 2.05. The van der Waals surface area contributed by atoms with Gasteiger partial charge in [-0.3, -0.25) is 0 Å². The van der Waals surface area contributed by atoms with Gasteiger partial charge in [-0.25, -0.2) is 9.97 Å². The maximum Gasteiger partial charge on any atom is 0.141 e. The van der Waals surface area contributed by atoms with Gasteiger partial charge in [0, 0.05) is 23.2 Å². The Balaban J connectivity index is 2.07. The number of benzene rings is 1. The quantitative estimate of drug-likeness (QED) is 0.766. The summed E-state index contributed by atoms with van der Waals surface area (Å²) in [5.41, 5.74) is 2.39. The van der Waals surface area contributed by atoms with Crippen molar-refractivity contribution in [1.82, 2.24) is 9.97 Å². The molecule has 1 aromatic heterocycles. The van der Waals surface area contributed by atoms with E-state index in [1.807, 2.05) is 0 Å². The lowest BCUT2D eigenvalue weighted by molar-refractivity contribution is 0.916. The van der Waals surface area contributed by atoms with Crippen LogP contribution in [0.3, 0.4) is 0 Å². The van der Waals surface area contributed by atoms with Crippen molar-refractivity contribution < 1.29 is 0 Å². The monoisotopic (exact) mass is 301 g/mol. The van der Waals surface area contributed by atoms with E-state index >= 15 is 0 Å². The van der Waals surface area contributed by atoms with Gasteiger partial charge in [-0.05, 0) is 31.9 Å². The number of nitrogens with one attached hydrogen (secondary N) is 1. The molecule has 0 amide bonds. The molecule has 0 saturated carbocycles. The molecule has 1 N–H and O–H groups in total. The highest BCUT2D eigenvalue weighted by atomic mass is 32.2. The summed E-state index contributed by atoms with van der Waals surface area (Å²) in [6.45, 7) is 7.35. The van der Waals surface area contributed by atoms with Crippen molar-refractivity contribution >= 4 is 17.6 Å². The molecule has 112 valence electrons. The molecule has 1 heterocycles. The minimum Gasteiger partial charge on any atom is -0.370 e. The van der Waals surface area contributed by atoms with Gasteiger partial charge in [0.2, 0.25) is 0 Å². The molecule has 2 rings (SSSR count). The number of anilines is 1. The molecular formula is C17H23N3S. The van der Waals surface area contributed by atoms with Crippen molar-refractivity contribution in [2.45, 2.75) is 44.3 Å². The molecular weight excluding hydrogens is 278 g/mol. The summed E-state index contributed by atoms with van der Waals surface area (Å²) in [5, 5.41) is 3.36. The fourth-order valence-electron chi connectivity index (χ4n) is 1.99. The summed E-state index contributed by atoms with van der Waals surface area (Å²) in [7, 11) is 0. The summed E-state index contributed by atoms with van der Waals surface area (Å²) < 4.78 is 0. The Kier molecular flexibility index (Phi) is 6.05. The van der Waals surface area contributed by atoms with Crippen molar-refractivity contribution in [2.24, 2.45) is 0 Å². The number of aromatic nitrogens is 2. The number of aryl methyl sites for hydroxylation is 2. The van der Waals surface area contributed by atoms with Crippen molar-refractivity contribution in [3.63, 3.8) is 0 Å². The fourth-order valence-corrected chi connectivity index (χ4v) is 2.86. The van der Waals surface area contributed by atoms with Crippen molar-refractivity contribution in [2.75, 3.05) is 11.9 Å². The minimum atomic E-state index is 0.804. The Morgan fingerprint density at radius 3 is 2.71 bits per heavy atom. The molecule has 0 aliphatic heterocycles. The van der Waals surface area contributed by atoms with Crippen molar-refractivity contribution in [3.8, 4) is 0 Å². The van der Waals surface area contributed by atoms with Gasteiger partial charge in [0.15, 0.2) is 0 Å². The van der Waals surface area contributed by atoms with Gasteiger partial charge < -0.3 is 5.32 Å². The maximum atomic E-state index is 4.63. The van der Waals surface area contributed by atoms with Crippen molar-refractivity contribution in [1.29, 1.82) is 0 Å². The Bertz CT molecular complexity index is 584. The van der Waals surface area contributed by atoms with E-state index in [1.54, 1.807) is 11.8 Å². The summed E-state index contributed by atoms with van der Waals surface area (Å²) in [6, 6.07) is 10.6. The van der Waals surface area contributed by atoms with Crippen LogP contribution in [-0.2, 0) is 12.2 Å². The molecule has 2 aromatic rings. The molecule has 0 unspecified atom stereocenters. The first kappa shape index (κ1) is 15.8. The largest absolute Gasteiger partial charge is 0.370 e. The lowest BCUT2D eigenvalue weighted by atomic mass is 10.2. The predicted molar refractivity (Wildman–Crippen MR) is 90.9 cm³/mol. The molecule has 0 saturated heterocycles. The molecule has 0 radical (unpaired) electrons. The second kappa shape index (κ2) is 8.03. The summed E-state index contributed by atoms with van der Waals surface area (Å²) in [6.07, 6.45) is 2.03. The molecule has 0 bridgehead atoms. The fraction of sp³-hybridized carbons (Fsp3) is 0.412. The number of rotatable bonds is 7. The van der Waals surface area contributed by atoms with Crippen LogP contribution in [0.25, 0.3) is 0 Å². The molecule has 21 heavy (non-hydrogen) atoms. The van der Waals surface area contributed by atoms with E-state index in [0.29, 0.717) is 0 Å². The summed E-state index contributed by atoms with van der Waals surface area (Å²) in [4.78, 5) is 10.5. The van der Waals surface area contributed by atoms with E-state index in [0.717, 1.165) is 42.5 Å². The van der Waals surface area contributed by atoms with Gasteiger partial charge in [-0.1, -0.05) is 31.5 Å². The van der Waals surface area contributed by atoms with Crippen LogP contribution in [0.4, 0.5) is 5.82 Å². The predicted octanol–water partition coefficient (Wildman–Crippen LogP) is 4.46. The molecule has 0 fully saturated rings. The average molecular weight is 301 g/mol. The molecule has 4 heteroatoms. The van der Waals surface area contributed by atoms with Gasteiger partial charge in [-0.2, -0.15) is 0 Å². The summed E-state index contributed by atoms with van der Waals surface area (Å²) in [5.74, 6) is 2.65. The summed E-state index contributed by atoms with van der Waals surface area (Å²) >= 11 is 1.79. The minimum absolute atomic E-state index is 0.804. The van der Waals surface area contributed by atoms with Crippen LogP contribution in [0, 0.1) is 6.92 Å². The van der Waals surface area contributed by atoms with E-state index in [9.17, 15) is 0 Å². The third-order valence-corrected chi connectivity index (χ3v) is 4.09. The van der Waals surface area contributed by atoms with Crippen LogP contribution < -0.4 is 5.32 Å². The zero-order valence-corrected chi connectivity index (χ0v) is 13.8. The van der Waals surface area contributed by atoms with Gasteiger partial charge in [-0.15, -0.1) is 11.8 Å². The first-order valence-corrected chi connectivity index (χ1v) is 8.50. The number of hydrogen-bond donors (Lipinski definition) is 1. The topological polar surface area (TPSA) is 37.8 Å². The molecule has 0 spiro atoms. The van der Waals surface area contributed by atoms with Gasteiger partial charge in [0.25, 0.3) is 0 Å². The zero-order valence-electron chi connectivity index (χ0n) is 13.0. The normalized spacial score (nSPS) is 10.6. The van der Waals surface area contributed by atoms with Crippen LogP contribution in [0.1, 0.15) is 37.4 Å². The second-order valence-electron chi connectivity index (χ2n) is 5.05. The third kappa shape index (κ3) is 5.05. The molecule has 1 aromatic carbocycles. The van der Waals surface area contributed by atoms with Crippen LogP contribution >= 0.6 is 11.8 Å². The highest BCUT2D eigenvalue weighted by Crippen LogP contribution is 2.23. The van der Waals surface area contributed by atoms with E-state index in [2.05, 4.69) is 66.4 Å². The maximum absolute atomic E-state index is 4.63. The Hall–Kier alpha value is -1.55. The first-order valence-electron chi connectivity index (χ1n) is 7.51. The SMILES string of the molecule is CCCNc1cc(CC)nc(CSc2cccc(C)c2)n1. The number of hydrogen-bond acceptors (Lipinski definition) is 4. The smallest absolute Gasteiger partial charge is 0.141 e. The van der Waals surface area contributed by atoms with Crippen LogP contribution in [0.5, 0.6) is 0 Å².